The Hall–Kier alpha value is -1.92. The van der Waals surface area contributed by atoms with Crippen molar-refractivity contribution in [1.29, 1.82) is 0 Å². The van der Waals surface area contributed by atoms with Crippen LogP contribution in [0.3, 0.4) is 0 Å². The first-order chi connectivity index (χ1) is 9.65. The van der Waals surface area contributed by atoms with Gasteiger partial charge in [0, 0.05) is 11.3 Å². The molecule has 1 fully saturated rings. The first kappa shape index (κ1) is 14.5. The molecule has 0 atom stereocenters. The van der Waals surface area contributed by atoms with Crippen LogP contribution in [-0.2, 0) is 9.53 Å². The molecule has 2 rings (SSSR count). The molecule has 1 heterocycles. The van der Waals surface area contributed by atoms with Crippen LogP contribution in [0.25, 0.3) is 0 Å². The lowest BCUT2D eigenvalue weighted by molar-refractivity contribution is -0.123. The summed E-state index contributed by atoms with van der Waals surface area (Å²) in [5.41, 5.74) is 6.09. The maximum Gasteiger partial charge on any atom is 0.250 e. The normalized spacial score (nSPS) is 15.8. The summed E-state index contributed by atoms with van der Waals surface area (Å²) in [6.45, 7) is 1.87. The first-order valence-electron chi connectivity index (χ1n) is 6.67. The van der Waals surface area contributed by atoms with Gasteiger partial charge in [0.25, 0.3) is 0 Å². The summed E-state index contributed by atoms with van der Waals surface area (Å²) in [7, 11) is 0. The van der Waals surface area contributed by atoms with Crippen molar-refractivity contribution in [3.8, 4) is 0 Å². The highest BCUT2D eigenvalue weighted by Crippen LogP contribution is 2.11. The van der Waals surface area contributed by atoms with Crippen LogP contribution in [0.2, 0.25) is 0 Å². The maximum atomic E-state index is 11.8. The van der Waals surface area contributed by atoms with Crippen molar-refractivity contribution < 1.29 is 14.3 Å². The molecular weight excluding hydrogens is 258 g/mol. The lowest BCUT2D eigenvalue weighted by Gasteiger charge is -2.22. The molecule has 4 N–H and O–H groups in total. The maximum absolute atomic E-state index is 11.8. The molecule has 0 radical (unpaired) electrons. The second kappa shape index (κ2) is 7.02. The van der Waals surface area contributed by atoms with Gasteiger partial charge in [-0.25, -0.2) is 0 Å². The summed E-state index contributed by atoms with van der Waals surface area (Å²) in [5, 5.41) is 5.92. The van der Waals surface area contributed by atoms with E-state index in [0.29, 0.717) is 11.3 Å². The number of ether oxygens (including phenoxy) is 1. The number of hydrogen-bond donors (Lipinski definition) is 3. The SMILES string of the molecule is NC(=O)c1cccc(NC(=O)COC2CCNCC2)c1. The zero-order chi connectivity index (χ0) is 14.4. The van der Waals surface area contributed by atoms with Crippen molar-refractivity contribution in [3.63, 3.8) is 0 Å². The Kier molecular flexibility index (Phi) is 5.09. The van der Waals surface area contributed by atoms with Gasteiger partial charge < -0.3 is 21.1 Å². The van der Waals surface area contributed by atoms with E-state index in [0.717, 1.165) is 25.9 Å². The molecule has 1 saturated heterocycles. The highest BCUT2D eigenvalue weighted by Gasteiger charge is 2.15. The molecule has 20 heavy (non-hydrogen) atoms. The quantitative estimate of drug-likeness (QED) is 0.730. The van der Waals surface area contributed by atoms with Crippen LogP contribution in [0.4, 0.5) is 5.69 Å². The highest BCUT2D eigenvalue weighted by atomic mass is 16.5. The van der Waals surface area contributed by atoms with E-state index >= 15 is 0 Å². The zero-order valence-electron chi connectivity index (χ0n) is 11.2. The molecule has 0 saturated carbocycles. The Labute approximate surface area is 117 Å². The van der Waals surface area contributed by atoms with Gasteiger partial charge in [-0.15, -0.1) is 0 Å². The standard InChI is InChI=1S/C14H19N3O3/c15-14(19)10-2-1-3-11(8-10)17-13(18)9-20-12-4-6-16-7-5-12/h1-3,8,12,16H,4-7,9H2,(H2,15,19)(H,17,18). The summed E-state index contributed by atoms with van der Waals surface area (Å²) in [5.74, 6) is -0.753. The van der Waals surface area contributed by atoms with E-state index < -0.39 is 5.91 Å². The molecule has 6 heteroatoms. The fourth-order valence-corrected chi connectivity index (χ4v) is 2.10. The number of carbonyl (C=O) groups is 2. The molecule has 1 aromatic rings. The van der Waals surface area contributed by atoms with Crippen LogP contribution in [0.1, 0.15) is 23.2 Å². The Bertz CT molecular complexity index is 484. The third-order valence-electron chi connectivity index (χ3n) is 3.17. The number of piperidine rings is 1. The minimum absolute atomic E-state index is 0.0193. The molecule has 0 aliphatic carbocycles. The van der Waals surface area contributed by atoms with Gasteiger partial charge in [0.15, 0.2) is 0 Å². The number of primary amides is 1. The average Bonchev–Trinajstić information content (AvgIpc) is 2.46. The summed E-state index contributed by atoms with van der Waals surface area (Å²) >= 11 is 0. The van der Waals surface area contributed by atoms with Crippen LogP contribution >= 0.6 is 0 Å². The summed E-state index contributed by atoms with van der Waals surface area (Å²) in [6, 6.07) is 6.52. The number of rotatable bonds is 5. The third-order valence-corrected chi connectivity index (χ3v) is 3.17. The van der Waals surface area contributed by atoms with E-state index in [4.69, 9.17) is 10.5 Å². The van der Waals surface area contributed by atoms with Gasteiger partial charge in [-0.05, 0) is 44.1 Å². The number of hydrogen-bond acceptors (Lipinski definition) is 4. The first-order valence-corrected chi connectivity index (χ1v) is 6.67. The number of carbonyl (C=O) groups excluding carboxylic acids is 2. The van der Waals surface area contributed by atoms with Crippen LogP contribution < -0.4 is 16.4 Å². The second-order valence-corrected chi connectivity index (χ2v) is 4.75. The van der Waals surface area contributed by atoms with E-state index in [-0.39, 0.29) is 18.6 Å². The van der Waals surface area contributed by atoms with Crippen molar-refractivity contribution in [3.05, 3.63) is 29.8 Å². The zero-order valence-corrected chi connectivity index (χ0v) is 11.2. The Morgan fingerprint density at radius 2 is 2.10 bits per heavy atom. The van der Waals surface area contributed by atoms with E-state index in [1.807, 2.05) is 0 Å². The fourth-order valence-electron chi connectivity index (χ4n) is 2.10. The van der Waals surface area contributed by atoms with Crippen LogP contribution in [-0.4, -0.2) is 37.6 Å². The van der Waals surface area contributed by atoms with Crippen LogP contribution in [0.15, 0.2) is 24.3 Å². The Balaban J connectivity index is 1.81. The lowest BCUT2D eigenvalue weighted by atomic mass is 10.1. The topological polar surface area (TPSA) is 93.5 Å². The molecule has 2 amide bonds. The number of amides is 2. The molecule has 0 aromatic heterocycles. The molecule has 0 spiro atoms. The predicted octanol–water partition coefficient (Wildman–Crippen LogP) is 0.493. The predicted molar refractivity (Wildman–Crippen MR) is 75.4 cm³/mol. The molecule has 0 unspecified atom stereocenters. The van der Waals surface area contributed by atoms with Crippen molar-refractivity contribution in [2.24, 2.45) is 5.73 Å². The Morgan fingerprint density at radius 1 is 1.35 bits per heavy atom. The molecule has 6 nitrogen and oxygen atoms in total. The number of benzene rings is 1. The van der Waals surface area contributed by atoms with Crippen molar-refractivity contribution in [2.75, 3.05) is 25.0 Å². The monoisotopic (exact) mass is 277 g/mol. The summed E-state index contributed by atoms with van der Waals surface area (Å²) in [4.78, 5) is 22.8. The molecule has 1 aliphatic rings. The number of nitrogens with one attached hydrogen (secondary N) is 2. The van der Waals surface area contributed by atoms with E-state index in [2.05, 4.69) is 10.6 Å². The van der Waals surface area contributed by atoms with Gasteiger partial charge in [0.05, 0.1) is 6.10 Å². The van der Waals surface area contributed by atoms with E-state index in [9.17, 15) is 9.59 Å². The average molecular weight is 277 g/mol. The number of nitrogens with two attached hydrogens (primary N) is 1. The number of anilines is 1. The molecule has 1 aliphatic heterocycles. The van der Waals surface area contributed by atoms with Gasteiger partial charge >= 0.3 is 0 Å². The minimum atomic E-state index is -0.521. The molecule has 108 valence electrons. The van der Waals surface area contributed by atoms with Gasteiger partial charge in [-0.3, -0.25) is 9.59 Å². The minimum Gasteiger partial charge on any atom is -0.368 e. The lowest BCUT2D eigenvalue weighted by Crippen LogP contribution is -2.34. The highest BCUT2D eigenvalue weighted by molar-refractivity contribution is 5.96. The van der Waals surface area contributed by atoms with Crippen molar-refractivity contribution >= 4 is 17.5 Å². The Morgan fingerprint density at radius 3 is 2.80 bits per heavy atom. The van der Waals surface area contributed by atoms with E-state index in [1.54, 1.807) is 24.3 Å². The van der Waals surface area contributed by atoms with Gasteiger partial charge in [0.2, 0.25) is 11.8 Å². The van der Waals surface area contributed by atoms with Crippen molar-refractivity contribution in [2.45, 2.75) is 18.9 Å². The van der Waals surface area contributed by atoms with Gasteiger partial charge in [0.1, 0.15) is 6.61 Å². The van der Waals surface area contributed by atoms with Gasteiger partial charge in [-0.2, -0.15) is 0 Å². The molecule has 1 aromatic carbocycles. The van der Waals surface area contributed by atoms with Crippen molar-refractivity contribution in [1.82, 2.24) is 5.32 Å². The summed E-state index contributed by atoms with van der Waals surface area (Å²) < 4.78 is 5.55. The molecular formula is C14H19N3O3. The summed E-state index contributed by atoms with van der Waals surface area (Å²) in [6.07, 6.45) is 1.98. The largest absolute Gasteiger partial charge is 0.368 e. The second-order valence-electron chi connectivity index (χ2n) is 4.75. The van der Waals surface area contributed by atoms with E-state index in [1.165, 1.54) is 0 Å². The van der Waals surface area contributed by atoms with Gasteiger partial charge in [-0.1, -0.05) is 6.07 Å². The van der Waals surface area contributed by atoms with Crippen LogP contribution in [0.5, 0.6) is 0 Å². The third kappa shape index (κ3) is 4.32. The molecule has 0 bridgehead atoms. The van der Waals surface area contributed by atoms with Crippen LogP contribution in [0, 0.1) is 0 Å². The smallest absolute Gasteiger partial charge is 0.250 e. The fraction of sp³-hybridized carbons (Fsp3) is 0.429.